The average Bonchev–Trinajstić information content (AvgIpc) is 2.19. The van der Waals surface area contributed by atoms with Crippen molar-refractivity contribution in [2.75, 3.05) is 5.75 Å². The predicted molar refractivity (Wildman–Crippen MR) is 55.8 cm³/mol. The fraction of sp³-hybridized carbons (Fsp3) is 0.300. The van der Waals surface area contributed by atoms with Gasteiger partial charge in [-0.25, -0.2) is 0 Å². The molecule has 3 nitrogen and oxygen atoms in total. The Labute approximate surface area is 86.5 Å². The van der Waals surface area contributed by atoms with Crippen LogP contribution in [-0.2, 0) is 4.79 Å². The molecular formula is C10H11NO2S. The maximum Gasteiger partial charge on any atom is 0.239 e. The molecule has 4 heteroatoms. The molecule has 1 aliphatic rings. The topological polar surface area (TPSA) is 49.3 Å². The largest absolute Gasteiger partial charge is 0.373 e. The highest BCUT2D eigenvalue weighted by Gasteiger charge is 2.28. The molecular weight excluding hydrogens is 198 g/mol. The Morgan fingerprint density at radius 3 is 2.71 bits per heavy atom. The van der Waals surface area contributed by atoms with Gasteiger partial charge in [0.15, 0.2) is 0 Å². The molecule has 2 rings (SSSR count). The van der Waals surface area contributed by atoms with E-state index >= 15 is 0 Å². The number of benzene rings is 1. The van der Waals surface area contributed by atoms with Gasteiger partial charge in [0.2, 0.25) is 5.91 Å². The molecule has 2 N–H and O–H groups in total. The average molecular weight is 209 g/mol. The van der Waals surface area contributed by atoms with Crippen LogP contribution in [0, 0.1) is 0 Å². The van der Waals surface area contributed by atoms with Gasteiger partial charge >= 0.3 is 0 Å². The number of amides is 1. The minimum atomic E-state index is -0.701. The molecule has 0 radical (unpaired) electrons. The summed E-state index contributed by atoms with van der Waals surface area (Å²) in [6.07, 6.45) is -0.701. The van der Waals surface area contributed by atoms with Crippen LogP contribution < -0.4 is 5.32 Å². The molecule has 1 aromatic carbocycles. The number of rotatable bonds is 1. The Bertz CT molecular complexity index is 328. The van der Waals surface area contributed by atoms with Gasteiger partial charge in [-0.05, 0) is 5.56 Å². The van der Waals surface area contributed by atoms with Gasteiger partial charge in [0.25, 0.3) is 0 Å². The van der Waals surface area contributed by atoms with Crippen LogP contribution in [0.4, 0.5) is 0 Å². The Morgan fingerprint density at radius 1 is 1.36 bits per heavy atom. The molecule has 1 aromatic rings. The number of aliphatic hydroxyl groups is 1. The summed E-state index contributed by atoms with van der Waals surface area (Å²) in [5, 5.41) is 11.5. The summed E-state index contributed by atoms with van der Waals surface area (Å²) in [6.45, 7) is 0. The minimum absolute atomic E-state index is 0.111. The summed E-state index contributed by atoms with van der Waals surface area (Å²) in [5.74, 6) is 0.436. The Morgan fingerprint density at radius 2 is 2.07 bits per heavy atom. The zero-order valence-corrected chi connectivity index (χ0v) is 8.33. The summed E-state index contributed by atoms with van der Waals surface area (Å²) >= 11 is 1.47. The van der Waals surface area contributed by atoms with Crippen LogP contribution in [0.2, 0.25) is 0 Å². The summed E-state index contributed by atoms with van der Waals surface area (Å²) in [5.41, 5.74) is 0.988. The lowest BCUT2D eigenvalue weighted by molar-refractivity contribution is -0.123. The van der Waals surface area contributed by atoms with Gasteiger partial charge in [-0.15, -0.1) is 11.8 Å². The maximum atomic E-state index is 11.5. The minimum Gasteiger partial charge on any atom is -0.373 e. The summed E-state index contributed by atoms with van der Waals surface area (Å²) in [6, 6.07) is 9.59. The third kappa shape index (κ3) is 1.91. The first-order valence-corrected chi connectivity index (χ1v) is 5.47. The Hall–Kier alpha value is -1.00. The number of aliphatic hydroxyl groups excluding tert-OH is 1. The molecule has 2 unspecified atom stereocenters. The molecule has 14 heavy (non-hydrogen) atoms. The molecule has 1 aliphatic heterocycles. The summed E-state index contributed by atoms with van der Waals surface area (Å²) < 4.78 is 0. The lowest BCUT2D eigenvalue weighted by Gasteiger charge is -2.25. The number of hydrogen-bond acceptors (Lipinski definition) is 3. The molecule has 1 heterocycles. The number of hydrogen-bond donors (Lipinski definition) is 2. The van der Waals surface area contributed by atoms with E-state index in [0.29, 0.717) is 5.75 Å². The lowest BCUT2D eigenvalue weighted by atomic mass is 10.1. The van der Waals surface area contributed by atoms with E-state index in [0.717, 1.165) is 5.56 Å². The summed E-state index contributed by atoms with van der Waals surface area (Å²) in [4.78, 5) is 11.5. The number of nitrogens with one attached hydrogen (secondary N) is 1. The van der Waals surface area contributed by atoms with Crippen molar-refractivity contribution in [3.8, 4) is 0 Å². The van der Waals surface area contributed by atoms with Crippen LogP contribution in [0.25, 0.3) is 0 Å². The first-order valence-electron chi connectivity index (χ1n) is 4.42. The van der Waals surface area contributed by atoms with Gasteiger partial charge in [0.05, 0.1) is 0 Å². The maximum absolute atomic E-state index is 11.5. The van der Waals surface area contributed by atoms with Crippen molar-refractivity contribution in [1.82, 2.24) is 5.32 Å². The van der Waals surface area contributed by atoms with Crippen molar-refractivity contribution in [2.24, 2.45) is 0 Å². The van der Waals surface area contributed by atoms with Crippen molar-refractivity contribution < 1.29 is 9.90 Å². The van der Waals surface area contributed by atoms with Crippen LogP contribution in [0.5, 0.6) is 0 Å². The smallest absolute Gasteiger partial charge is 0.239 e. The van der Waals surface area contributed by atoms with Crippen LogP contribution in [0.15, 0.2) is 30.3 Å². The standard InChI is InChI=1S/C10H11NO2S/c12-8-6-14-9(10(13)11-8)7-4-2-1-3-5-7/h1-5,8-9,12H,6H2,(H,11,13). The van der Waals surface area contributed by atoms with E-state index in [-0.39, 0.29) is 11.2 Å². The van der Waals surface area contributed by atoms with Crippen molar-refractivity contribution >= 4 is 17.7 Å². The Kier molecular flexibility index (Phi) is 2.74. The van der Waals surface area contributed by atoms with Gasteiger partial charge in [-0.1, -0.05) is 30.3 Å². The Balaban J connectivity index is 2.16. The first-order chi connectivity index (χ1) is 6.77. The molecule has 1 saturated heterocycles. The zero-order chi connectivity index (χ0) is 9.97. The molecule has 1 amide bonds. The third-order valence-corrected chi connectivity index (χ3v) is 3.40. The first kappa shape index (κ1) is 9.55. The second-order valence-electron chi connectivity index (χ2n) is 3.15. The molecule has 0 aromatic heterocycles. The van der Waals surface area contributed by atoms with E-state index in [1.165, 1.54) is 11.8 Å². The predicted octanol–water partition coefficient (Wildman–Crippen LogP) is 0.909. The van der Waals surface area contributed by atoms with E-state index in [9.17, 15) is 9.90 Å². The van der Waals surface area contributed by atoms with Gasteiger partial charge in [0, 0.05) is 5.75 Å². The molecule has 2 atom stereocenters. The van der Waals surface area contributed by atoms with Crippen LogP contribution >= 0.6 is 11.8 Å². The highest BCUT2D eigenvalue weighted by atomic mass is 32.2. The highest BCUT2D eigenvalue weighted by molar-refractivity contribution is 8.00. The molecule has 74 valence electrons. The lowest BCUT2D eigenvalue weighted by Crippen LogP contribution is -2.43. The van der Waals surface area contributed by atoms with E-state index in [2.05, 4.69) is 5.32 Å². The van der Waals surface area contributed by atoms with Crippen LogP contribution in [0.1, 0.15) is 10.8 Å². The van der Waals surface area contributed by atoms with E-state index in [1.54, 1.807) is 0 Å². The van der Waals surface area contributed by atoms with Crippen LogP contribution in [0.3, 0.4) is 0 Å². The molecule has 0 aliphatic carbocycles. The SMILES string of the molecule is O=C1NC(O)CSC1c1ccccc1. The van der Waals surface area contributed by atoms with Gasteiger partial charge < -0.3 is 10.4 Å². The van der Waals surface area contributed by atoms with E-state index in [1.807, 2.05) is 30.3 Å². The number of carbonyl (C=O) groups is 1. The van der Waals surface area contributed by atoms with Crippen molar-refractivity contribution in [3.05, 3.63) is 35.9 Å². The molecule has 1 fully saturated rings. The van der Waals surface area contributed by atoms with Crippen molar-refractivity contribution in [3.63, 3.8) is 0 Å². The van der Waals surface area contributed by atoms with Crippen molar-refractivity contribution in [2.45, 2.75) is 11.5 Å². The highest BCUT2D eigenvalue weighted by Crippen LogP contribution is 2.31. The fourth-order valence-corrected chi connectivity index (χ4v) is 2.45. The second-order valence-corrected chi connectivity index (χ2v) is 4.29. The monoisotopic (exact) mass is 209 g/mol. The van der Waals surface area contributed by atoms with Gasteiger partial charge in [0.1, 0.15) is 11.5 Å². The fourth-order valence-electron chi connectivity index (χ4n) is 1.42. The van der Waals surface area contributed by atoms with Gasteiger partial charge in [-0.3, -0.25) is 4.79 Å². The quantitative estimate of drug-likeness (QED) is 0.722. The van der Waals surface area contributed by atoms with Crippen LogP contribution in [-0.4, -0.2) is 23.0 Å². The second kappa shape index (κ2) is 4.02. The molecule has 0 spiro atoms. The number of thioether (sulfide) groups is 1. The normalized spacial score (nSPS) is 27.1. The van der Waals surface area contributed by atoms with E-state index in [4.69, 9.17) is 0 Å². The molecule has 0 bridgehead atoms. The van der Waals surface area contributed by atoms with Crippen molar-refractivity contribution in [1.29, 1.82) is 0 Å². The third-order valence-electron chi connectivity index (χ3n) is 2.07. The van der Waals surface area contributed by atoms with E-state index < -0.39 is 6.23 Å². The molecule has 0 saturated carbocycles. The summed E-state index contributed by atoms with van der Waals surface area (Å²) in [7, 11) is 0. The van der Waals surface area contributed by atoms with Gasteiger partial charge in [-0.2, -0.15) is 0 Å². The number of carbonyl (C=O) groups excluding carboxylic acids is 1. The zero-order valence-electron chi connectivity index (χ0n) is 7.51.